The van der Waals surface area contributed by atoms with E-state index in [0.717, 1.165) is 27.2 Å². The van der Waals surface area contributed by atoms with Crippen LogP contribution in [-0.4, -0.2) is 16.7 Å². The van der Waals surface area contributed by atoms with Gasteiger partial charge in [-0.2, -0.15) is 0 Å². The highest BCUT2D eigenvalue weighted by atomic mass is 16.6. The highest BCUT2D eigenvalue weighted by molar-refractivity contribution is 6.24. The molecule has 2 atom stereocenters. The first-order valence-electron chi connectivity index (χ1n) is 9.88. The van der Waals surface area contributed by atoms with Crippen molar-refractivity contribution < 1.29 is 14.5 Å². The molecule has 6 nitrogen and oxygen atoms in total. The maximum atomic E-state index is 13.6. The van der Waals surface area contributed by atoms with Gasteiger partial charge in [0, 0.05) is 17.9 Å². The summed E-state index contributed by atoms with van der Waals surface area (Å²) in [7, 11) is 0. The Kier molecular flexibility index (Phi) is 3.34. The summed E-state index contributed by atoms with van der Waals surface area (Å²) in [5, 5.41) is 11.6. The van der Waals surface area contributed by atoms with Crippen LogP contribution in [0.25, 0.3) is 0 Å². The van der Waals surface area contributed by atoms with E-state index in [9.17, 15) is 19.7 Å². The van der Waals surface area contributed by atoms with Crippen LogP contribution in [0.2, 0.25) is 0 Å². The lowest BCUT2D eigenvalue weighted by atomic mass is 9.55. The van der Waals surface area contributed by atoms with Crippen LogP contribution in [0.1, 0.15) is 34.1 Å². The lowest BCUT2D eigenvalue weighted by Gasteiger charge is -2.45. The zero-order valence-corrected chi connectivity index (χ0v) is 15.8. The van der Waals surface area contributed by atoms with Crippen LogP contribution in [0.15, 0.2) is 72.8 Å². The number of nitrogens with zero attached hydrogens (tertiary/aromatic N) is 2. The molecule has 1 heterocycles. The summed E-state index contributed by atoms with van der Waals surface area (Å²) in [6, 6.07) is 21.9. The molecule has 3 aromatic carbocycles. The molecule has 2 amide bonds. The van der Waals surface area contributed by atoms with Gasteiger partial charge in [-0.3, -0.25) is 19.7 Å². The van der Waals surface area contributed by atoms with Crippen molar-refractivity contribution in [2.24, 2.45) is 11.8 Å². The van der Waals surface area contributed by atoms with Crippen molar-refractivity contribution in [3.63, 3.8) is 0 Å². The van der Waals surface area contributed by atoms with Gasteiger partial charge in [-0.05, 0) is 28.3 Å². The molecule has 0 aromatic heterocycles. The molecule has 0 spiro atoms. The monoisotopic (exact) mass is 396 g/mol. The van der Waals surface area contributed by atoms with Crippen molar-refractivity contribution in [3.8, 4) is 0 Å². The Morgan fingerprint density at radius 2 is 1.07 bits per heavy atom. The van der Waals surface area contributed by atoms with E-state index in [0.29, 0.717) is 0 Å². The first-order chi connectivity index (χ1) is 14.6. The summed E-state index contributed by atoms with van der Waals surface area (Å²) >= 11 is 0. The Hall–Kier alpha value is -3.80. The number of hydrogen-bond acceptors (Lipinski definition) is 4. The Morgan fingerprint density at radius 1 is 0.667 bits per heavy atom. The molecule has 30 heavy (non-hydrogen) atoms. The second kappa shape index (κ2) is 5.86. The van der Waals surface area contributed by atoms with E-state index in [-0.39, 0.29) is 35.0 Å². The third-order valence-corrected chi connectivity index (χ3v) is 6.77. The third kappa shape index (κ3) is 1.98. The Morgan fingerprint density at radius 3 is 1.50 bits per heavy atom. The van der Waals surface area contributed by atoms with Crippen LogP contribution in [0.3, 0.4) is 0 Å². The molecule has 2 bridgehead atoms. The number of rotatable bonds is 2. The minimum atomic E-state index is -0.549. The second-order valence-electron chi connectivity index (χ2n) is 8.02. The maximum absolute atomic E-state index is 13.6. The number of anilines is 1. The van der Waals surface area contributed by atoms with Gasteiger partial charge in [0.2, 0.25) is 11.8 Å². The molecule has 4 aliphatic rings. The minimum Gasteiger partial charge on any atom is -0.274 e. The molecule has 146 valence electrons. The second-order valence-corrected chi connectivity index (χ2v) is 8.02. The summed E-state index contributed by atoms with van der Waals surface area (Å²) in [6.45, 7) is 0. The van der Waals surface area contributed by atoms with Gasteiger partial charge in [-0.1, -0.05) is 60.7 Å². The normalized spacial score (nSPS) is 25.7. The number of para-hydroxylation sites is 2. The highest BCUT2D eigenvalue weighted by Crippen LogP contribution is 2.61. The van der Waals surface area contributed by atoms with Gasteiger partial charge in [0.25, 0.3) is 5.69 Å². The summed E-state index contributed by atoms with van der Waals surface area (Å²) in [6.07, 6.45) is 0. The number of imide groups is 1. The van der Waals surface area contributed by atoms with Crippen molar-refractivity contribution in [2.75, 3.05) is 4.90 Å². The van der Waals surface area contributed by atoms with Gasteiger partial charge in [0.05, 0.1) is 16.8 Å². The van der Waals surface area contributed by atoms with Gasteiger partial charge in [-0.15, -0.1) is 0 Å². The first-order valence-corrected chi connectivity index (χ1v) is 9.88. The third-order valence-electron chi connectivity index (χ3n) is 6.77. The van der Waals surface area contributed by atoms with Gasteiger partial charge < -0.3 is 0 Å². The summed E-state index contributed by atoms with van der Waals surface area (Å²) in [4.78, 5) is 39.3. The van der Waals surface area contributed by atoms with Crippen LogP contribution in [-0.2, 0) is 9.59 Å². The lowest BCUT2D eigenvalue weighted by molar-refractivity contribution is -0.384. The molecule has 1 aliphatic heterocycles. The number of benzene rings is 3. The van der Waals surface area contributed by atoms with Crippen LogP contribution in [0, 0.1) is 22.0 Å². The number of hydrogen-bond donors (Lipinski definition) is 0. The van der Waals surface area contributed by atoms with E-state index >= 15 is 0 Å². The Bertz CT molecular complexity index is 1150. The summed E-state index contributed by atoms with van der Waals surface area (Å²) in [5.41, 5.74) is 4.13. The zero-order valence-electron chi connectivity index (χ0n) is 15.8. The molecular weight excluding hydrogens is 380 g/mol. The standard InChI is InChI=1S/C24H16N2O4/c27-23-21-19-13-7-1-2-8-14(13)20(16-10-4-3-9-15(16)19)22(21)24(28)25(23)17-11-5-6-12-18(17)26(29)30/h1-12,19-22H. The van der Waals surface area contributed by atoms with E-state index < -0.39 is 16.8 Å². The van der Waals surface area contributed by atoms with Crippen LogP contribution in [0.5, 0.6) is 0 Å². The predicted octanol–water partition coefficient (Wildman–Crippen LogP) is 3.99. The van der Waals surface area contributed by atoms with E-state index in [1.54, 1.807) is 6.07 Å². The number of nitro groups is 1. The number of carbonyl (C=O) groups is 2. The average molecular weight is 396 g/mol. The predicted molar refractivity (Wildman–Crippen MR) is 109 cm³/mol. The van der Waals surface area contributed by atoms with E-state index in [4.69, 9.17) is 0 Å². The maximum Gasteiger partial charge on any atom is 0.293 e. The number of nitro benzene ring substituents is 1. The minimum absolute atomic E-state index is 0.0550. The van der Waals surface area contributed by atoms with Crippen LogP contribution >= 0.6 is 0 Å². The Balaban J connectivity index is 1.58. The molecule has 3 aliphatic carbocycles. The molecule has 1 fully saturated rings. The van der Waals surface area contributed by atoms with E-state index in [1.165, 1.54) is 18.2 Å². The first kappa shape index (κ1) is 17.1. The van der Waals surface area contributed by atoms with Gasteiger partial charge in [0.1, 0.15) is 5.69 Å². The molecule has 0 radical (unpaired) electrons. The lowest BCUT2D eigenvalue weighted by Crippen LogP contribution is -2.41. The van der Waals surface area contributed by atoms with Crippen molar-refractivity contribution in [1.29, 1.82) is 0 Å². The van der Waals surface area contributed by atoms with Crippen molar-refractivity contribution in [1.82, 2.24) is 0 Å². The number of amides is 2. The summed E-state index contributed by atoms with van der Waals surface area (Å²) < 4.78 is 0. The SMILES string of the molecule is O=C1C2C3c4ccccc4C(c4ccccc43)C2C(=O)N1c1ccccc1[N+](=O)[O-]. The zero-order chi connectivity index (χ0) is 20.6. The van der Waals surface area contributed by atoms with Crippen molar-refractivity contribution >= 4 is 23.2 Å². The molecular formula is C24H16N2O4. The fourth-order valence-electron chi connectivity index (χ4n) is 5.72. The molecule has 3 aromatic rings. The molecule has 7 rings (SSSR count). The van der Waals surface area contributed by atoms with Crippen molar-refractivity contribution in [3.05, 3.63) is 105 Å². The number of carbonyl (C=O) groups excluding carboxylic acids is 2. The van der Waals surface area contributed by atoms with Crippen molar-refractivity contribution in [2.45, 2.75) is 11.8 Å². The van der Waals surface area contributed by atoms with Gasteiger partial charge in [0.15, 0.2) is 0 Å². The van der Waals surface area contributed by atoms with E-state index in [1.807, 2.05) is 48.5 Å². The molecule has 1 saturated heterocycles. The largest absolute Gasteiger partial charge is 0.293 e. The highest BCUT2D eigenvalue weighted by Gasteiger charge is 2.62. The molecule has 2 unspecified atom stereocenters. The fourth-order valence-corrected chi connectivity index (χ4v) is 5.72. The smallest absolute Gasteiger partial charge is 0.274 e. The topological polar surface area (TPSA) is 80.5 Å². The summed E-state index contributed by atoms with van der Waals surface area (Å²) in [5.74, 6) is -2.25. The molecule has 6 heteroatoms. The van der Waals surface area contributed by atoms with Gasteiger partial charge >= 0.3 is 0 Å². The quantitative estimate of drug-likeness (QED) is 0.373. The van der Waals surface area contributed by atoms with Crippen LogP contribution < -0.4 is 4.90 Å². The van der Waals surface area contributed by atoms with E-state index in [2.05, 4.69) is 0 Å². The van der Waals surface area contributed by atoms with Crippen LogP contribution in [0.4, 0.5) is 11.4 Å². The molecule has 0 N–H and O–H groups in total. The Labute approximate surface area is 171 Å². The molecule has 0 saturated carbocycles. The fraction of sp³-hybridized carbons (Fsp3) is 0.167. The average Bonchev–Trinajstić information content (AvgIpc) is 3.04. The van der Waals surface area contributed by atoms with Gasteiger partial charge in [-0.25, -0.2) is 4.90 Å².